The molecule has 0 aromatic heterocycles. The topological polar surface area (TPSA) is 71.4 Å². The molecule has 6 nitrogen and oxygen atoms in total. The van der Waals surface area contributed by atoms with Gasteiger partial charge in [-0.2, -0.15) is 0 Å². The van der Waals surface area contributed by atoms with Gasteiger partial charge in [0.05, 0.1) is 19.3 Å². The van der Waals surface area contributed by atoms with Crippen molar-refractivity contribution < 1.29 is 56.5 Å². The average Bonchev–Trinajstić information content (AvgIpc) is 2.87. The third-order valence-electron chi connectivity index (χ3n) is 7.04. The van der Waals surface area contributed by atoms with E-state index in [-0.39, 0.29) is 70.7 Å². The Morgan fingerprint density at radius 2 is 1.35 bits per heavy atom. The molecule has 2 radical (unpaired) electrons. The summed E-state index contributed by atoms with van der Waals surface area (Å²) < 4.78 is 18.1. The minimum Gasteiger partial charge on any atom is -0.493 e. The van der Waals surface area contributed by atoms with Gasteiger partial charge in [-0.05, 0) is 87.6 Å². The molecule has 40 heavy (non-hydrogen) atoms. The van der Waals surface area contributed by atoms with Gasteiger partial charge in [-0.1, -0.05) is 52.5 Å². The zero-order chi connectivity index (χ0) is 28.3. The molecular formula is C31H54NO5Si2Y. The van der Waals surface area contributed by atoms with Crippen molar-refractivity contribution >= 4 is 17.4 Å². The Hall–Kier alpha value is -0.582. The smallest absolute Gasteiger partial charge is 0.191 e. The molecule has 0 saturated carbocycles. The van der Waals surface area contributed by atoms with Gasteiger partial charge in [0.2, 0.25) is 0 Å². The summed E-state index contributed by atoms with van der Waals surface area (Å²) in [6, 6.07) is 17.5. The van der Waals surface area contributed by atoms with Gasteiger partial charge >= 0.3 is 0 Å². The van der Waals surface area contributed by atoms with Crippen LogP contribution in [0.3, 0.4) is 0 Å². The predicted octanol–water partition coefficient (Wildman–Crippen LogP) is 6.19. The summed E-state index contributed by atoms with van der Waals surface area (Å²) in [5.41, 5.74) is 2.21. The van der Waals surface area contributed by atoms with Gasteiger partial charge in [-0.3, -0.25) is 4.90 Å². The second kappa shape index (κ2) is 18.9. The minimum atomic E-state index is -1.60. The molecule has 0 amide bonds. The van der Waals surface area contributed by atoms with E-state index >= 15 is 0 Å². The Balaban J connectivity index is 0.00000760. The SMILES string of the molecule is C.CC(CO)COc1ccc(C(C)(C)c2ccc(OCC(CO)N(C)CCC[Si](C)(C)O[Si](C)C)cc2)cc1.[Y]. The van der Waals surface area contributed by atoms with E-state index in [1.54, 1.807) is 0 Å². The van der Waals surface area contributed by atoms with Crippen molar-refractivity contribution in [2.75, 3.05) is 40.0 Å². The molecule has 2 rings (SSSR count). The van der Waals surface area contributed by atoms with E-state index in [0.29, 0.717) is 13.2 Å². The number of nitrogens with zero attached hydrogens (tertiary/aromatic N) is 1. The zero-order valence-electron chi connectivity index (χ0n) is 25.4. The number of rotatable bonds is 17. The Morgan fingerprint density at radius 1 is 0.875 bits per heavy atom. The van der Waals surface area contributed by atoms with E-state index in [9.17, 15) is 10.2 Å². The molecule has 2 aromatic rings. The van der Waals surface area contributed by atoms with Crippen molar-refractivity contribution in [3.63, 3.8) is 0 Å². The molecule has 2 aromatic carbocycles. The fraction of sp³-hybridized carbons (Fsp3) is 0.613. The molecule has 0 spiro atoms. The van der Waals surface area contributed by atoms with Crippen LogP contribution in [0, 0.1) is 5.92 Å². The maximum Gasteiger partial charge on any atom is 0.191 e. The minimum absolute atomic E-state index is 0. The third-order valence-corrected chi connectivity index (χ3v) is 12.4. The number of likely N-dealkylation sites (N-methyl/N-ethyl adjacent to an activating group) is 1. The quantitative estimate of drug-likeness (QED) is 0.197. The monoisotopic (exact) mass is 665 g/mol. The Kier molecular flexibility index (Phi) is 18.6. The summed E-state index contributed by atoms with van der Waals surface area (Å²) in [4.78, 5) is 2.20. The van der Waals surface area contributed by atoms with Crippen LogP contribution in [0.4, 0.5) is 0 Å². The first-order valence-corrected chi connectivity index (χ1v) is 19.3. The van der Waals surface area contributed by atoms with Crippen molar-refractivity contribution in [3.8, 4) is 11.5 Å². The second-order valence-corrected chi connectivity index (χ2v) is 18.4. The number of hydrogen-bond acceptors (Lipinski definition) is 6. The van der Waals surface area contributed by atoms with Crippen LogP contribution < -0.4 is 9.47 Å². The molecule has 224 valence electrons. The van der Waals surface area contributed by atoms with Crippen LogP contribution in [0.5, 0.6) is 11.5 Å². The van der Waals surface area contributed by atoms with E-state index in [1.807, 2.05) is 31.2 Å². The molecule has 0 aliphatic heterocycles. The van der Waals surface area contributed by atoms with Crippen LogP contribution in [-0.2, 0) is 42.2 Å². The molecule has 2 atom stereocenters. The van der Waals surface area contributed by atoms with Gasteiger partial charge in [-0.25, -0.2) is 0 Å². The van der Waals surface area contributed by atoms with Gasteiger partial charge in [0.25, 0.3) is 0 Å². The first kappa shape index (κ1) is 39.4. The summed E-state index contributed by atoms with van der Waals surface area (Å²) in [5, 5.41) is 19.1. The van der Waals surface area contributed by atoms with E-state index in [4.69, 9.17) is 13.6 Å². The molecule has 2 unspecified atom stereocenters. The van der Waals surface area contributed by atoms with Crippen LogP contribution in [0.1, 0.15) is 45.7 Å². The zero-order valence-corrected chi connectivity index (χ0v) is 30.2. The fourth-order valence-corrected chi connectivity index (χ4v) is 10.3. The second-order valence-electron chi connectivity index (χ2n) is 11.8. The van der Waals surface area contributed by atoms with Crippen molar-refractivity contribution in [1.29, 1.82) is 0 Å². The van der Waals surface area contributed by atoms with Crippen LogP contribution in [0.2, 0.25) is 32.2 Å². The first-order valence-electron chi connectivity index (χ1n) is 13.8. The average molecular weight is 666 g/mol. The Morgan fingerprint density at radius 3 is 1.77 bits per heavy atom. The molecule has 0 saturated heterocycles. The summed E-state index contributed by atoms with van der Waals surface area (Å²) in [5.74, 6) is 1.73. The van der Waals surface area contributed by atoms with Crippen LogP contribution in [-0.4, -0.2) is 78.5 Å². The van der Waals surface area contributed by atoms with E-state index in [0.717, 1.165) is 30.5 Å². The standard InChI is InChI=1S/C30H50NO5Si2.CH4.Y/c1-24(20-32)22-34-28-14-10-25(11-15-28)30(2,3)26-12-16-29(17-13-26)35-23-27(21-33)31(4)18-9-19-38(7,8)36-37(5)6;;/h10-17,24,27,32-33H,9,18-23H2,1-8H3;1H4;. The molecule has 0 fully saturated rings. The van der Waals surface area contributed by atoms with Crippen LogP contribution >= 0.6 is 0 Å². The fourth-order valence-electron chi connectivity index (χ4n) is 4.45. The van der Waals surface area contributed by atoms with Gasteiger partial charge in [0.1, 0.15) is 18.1 Å². The van der Waals surface area contributed by atoms with Gasteiger partial charge in [0, 0.05) is 50.6 Å². The molecule has 0 aliphatic carbocycles. The summed E-state index contributed by atoms with van der Waals surface area (Å²) in [7, 11) is -0.199. The Labute approximate surface area is 272 Å². The van der Waals surface area contributed by atoms with E-state index < -0.39 is 17.4 Å². The van der Waals surface area contributed by atoms with Crippen molar-refractivity contribution in [2.45, 2.75) is 78.3 Å². The molecule has 2 N–H and O–H groups in total. The van der Waals surface area contributed by atoms with E-state index in [1.165, 1.54) is 11.1 Å². The third kappa shape index (κ3) is 13.2. The Bertz CT molecular complexity index is 942. The number of aliphatic hydroxyl groups is 2. The molecule has 0 bridgehead atoms. The first-order chi connectivity index (χ1) is 17.9. The van der Waals surface area contributed by atoms with Crippen LogP contribution in [0.25, 0.3) is 0 Å². The van der Waals surface area contributed by atoms with E-state index in [2.05, 4.69) is 76.2 Å². The van der Waals surface area contributed by atoms with Gasteiger partial charge in [0.15, 0.2) is 17.4 Å². The largest absolute Gasteiger partial charge is 0.493 e. The normalized spacial score (nSPS) is 13.4. The van der Waals surface area contributed by atoms with Crippen LogP contribution in [0.15, 0.2) is 48.5 Å². The predicted molar refractivity (Wildman–Crippen MR) is 168 cm³/mol. The van der Waals surface area contributed by atoms with Crippen molar-refractivity contribution in [1.82, 2.24) is 4.90 Å². The molecule has 0 heterocycles. The molecule has 0 aliphatic rings. The van der Waals surface area contributed by atoms with Gasteiger partial charge in [-0.15, -0.1) is 0 Å². The summed E-state index contributed by atoms with van der Waals surface area (Å²) >= 11 is 0. The maximum absolute atomic E-state index is 9.97. The molecule has 9 heteroatoms. The number of ether oxygens (including phenoxy) is 2. The summed E-state index contributed by atoms with van der Waals surface area (Å²) in [6.07, 6.45) is 1.07. The molecular weight excluding hydrogens is 611 g/mol. The summed E-state index contributed by atoms with van der Waals surface area (Å²) in [6.45, 7) is 17.4. The number of benzene rings is 2. The van der Waals surface area contributed by atoms with Crippen molar-refractivity contribution in [3.05, 3.63) is 59.7 Å². The number of aliphatic hydroxyl groups excluding tert-OH is 2. The maximum atomic E-state index is 9.97. The van der Waals surface area contributed by atoms with Gasteiger partial charge < -0.3 is 23.8 Å². The number of hydrogen-bond donors (Lipinski definition) is 2. The van der Waals surface area contributed by atoms with Crippen molar-refractivity contribution in [2.24, 2.45) is 5.92 Å².